The van der Waals surface area contributed by atoms with Gasteiger partial charge in [-0.3, -0.25) is 4.98 Å². The molecular weight excluding hydrogens is 358 g/mol. The monoisotopic (exact) mass is 397 g/mol. The maximum Gasteiger partial charge on any atom is 0.134 e. The highest BCUT2D eigenvalue weighted by molar-refractivity contribution is 5.84. The summed E-state index contributed by atoms with van der Waals surface area (Å²) < 4.78 is 5.85. The molecule has 1 aliphatic heterocycles. The first kappa shape index (κ1) is 24.8. The fraction of sp³-hybridized carbons (Fsp3) is 0.520. The quantitative estimate of drug-likeness (QED) is 0.602. The van der Waals surface area contributed by atoms with Gasteiger partial charge in [-0.1, -0.05) is 40.7 Å². The lowest BCUT2D eigenvalue weighted by atomic mass is 10.0. The largest absolute Gasteiger partial charge is 0.371 e. The Morgan fingerprint density at radius 1 is 1.14 bits per heavy atom. The number of ether oxygens (including phenoxy) is 1. The Kier molecular flexibility index (Phi) is 10.0. The molecule has 0 amide bonds. The van der Waals surface area contributed by atoms with E-state index in [9.17, 15) is 0 Å². The van der Waals surface area contributed by atoms with E-state index < -0.39 is 0 Å². The Bertz CT molecular complexity index is 805. The summed E-state index contributed by atoms with van der Waals surface area (Å²) in [7, 11) is 0. The van der Waals surface area contributed by atoms with E-state index >= 15 is 0 Å². The molecule has 0 saturated heterocycles. The third kappa shape index (κ3) is 8.78. The summed E-state index contributed by atoms with van der Waals surface area (Å²) in [5, 5.41) is 0. The van der Waals surface area contributed by atoms with Crippen LogP contribution in [0, 0.1) is 12.8 Å². The first-order valence-corrected chi connectivity index (χ1v) is 10.6. The summed E-state index contributed by atoms with van der Waals surface area (Å²) in [6.45, 7) is 19.3. The number of nitrogens with one attached hydrogen (secondary N) is 1. The molecule has 1 N–H and O–H groups in total. The van der Waals surface area contributed by atoms with Crippen LogP contribution in [0.2, 0.25) is 0 Å². The van der Waals surface area contributed by atoms with Crippen molar-refractivity contribution in [3.63, 3.8) is 0 Å². The van der Waals surface area contributed by atoms with Crippen molar-refractivity contribution in [3.05, 3.63) is 47.4 Å². The van der Waals surface area contributed by atoms with Gasteiger partial charge < -0.3 is 9.72 Å². The van der Waals surface area contributed by atoms with E-state index in [2.05, 4.69) is 75.6 Å². The van der Waals surface area contributed by atoms with E-state index in [0.29, 0.717) is 6.61 Å². The summed E-state index contributed by atoms with van der Waals surface area (Å²) in [5.41, 5.74) is 5.62. The smallest absolute Gasteiger partial charge is 0.134 e. The van der Waals surface area contributed by atoms with E-state index in [1.807, 2.05) is 38.7 Å². The van der Waals surface area contributed by atoms with Crippen molar-refractivity contribution in [1.29, 1.82) is 0 Å². The van der Waals surface area contributed by atoms with Crippen LogP contribution in [-0.2, 0) is 11.2 Å². The molecular formula is C25H39N3O. The fourth-order valence-corrected chi connectivity index (χ4v) is 2.55. The standard InChI is InChI=1S/C19H23N3O.C4H10.C2H6/c1-13-7-15(10-20-8-13)17-11-22-18-16(17)6-5-14(9-21-18)12-23-19(2,3)4;1-4(2)3;1-2/h5,7-11,22H,6,12H2,1-4H3;4H,1-3H3;1-2H3. The SMILES string of the molecule is CC.CC(C)C.Cc1cncc(-c2c[nH]c3c2CC=C(COC(C)(C)C)C=N3)c1. The Hall–Kier alpha value is -2.20. The molecule has 29 heavy (non-hydrogen) atoms. The predicted molar refractivity (Wildman–Crippen MR) is 126 cm³/mol. The Labute approximate surface area is 177 Å². The van der Waals surface area contributed by atoms with E-state index in [1.165, 1.54) is 11.1 Å². The minimum Gasteiger partial charge on any atom is -0.371 e. The van der Waals surface area contributed by atoms with Crippen LogP contribution < -0.4 is 0 Å². The van der Waals surface area contributed by atoms with Crippen LogP contribution in [-0.4, -0.2) is 28.4 Å². The van der Waals surface area contributed by atoms with Crippen LogP contribution in [0.1, 0.15) is 66.5 Å². The number of H-pyrrole nitrogens is 1. The minimum absolute atomic E-state index is 0.145. The van der Waals surface area contributed by atoms with Crippen LogP contribution in [0.25, 0.3) is 11.1 Å². The van der Waals surface area contributed by atoms with Crippen molar-refractivity contribution in [1.82, 2.24) is 9.97 Å². The molecule has 0 fully saturated rings. The number of aromatic amines is 1. The van der Waals surface area contributed by atoms with Crippen LogP contribution in [0.5, 0.6) is 0 Å². The Balaban J connectivity index is 0.000000627. The van der Waals surface area contributed by atoms with Gasteiger partial charge in [0.25, 0.3) is 0 Å². The number of rotatable bonds is 3. The van der Waals surface area contributed by atoms with E-state index in [1.54, 1.807) is 0 Å². The zero-order chi connectivity index (χ0) is 22.0. The molecule has 0 aliphatic carbocycles. The van der Waals surface area contributed by atoms with Crippen LogP contribution in [0.15, 0.2) is 41.3 Å². The average Bonchev–Trinajstić information content (AvgIpc) is 2.94. The van der Waals surface area contributed by atoms with Crippen molar-refractivity contribution in [2.45, 2.75) is 74.3 Å². The fourth-order valence-electron chi connectivity index (χ4n) is 2.55. The lowest BCUT2D eigenvalue weighted by Gasteiger charge is -2.19. The second-order valence-electron chi connectivity index (χ2n) is 8.65. The number of nitrogens with zero attached hydrogens (tertiary/aromatic N) is 2. The molecule has 4 heteroatoms. The molecule has 0 unspecified atom stereocenters. The zero-order valence-electron chi connectivity index (χ0n) is 19.8. The van der Waals surface area contributed by atoms with Crippen molar-refractivity contribution in [2.75, 3.05) is 6.61 Å². The van der Waals surface area contributed by atoms with E-state index in [4.69, 9.17) is 4.74 Å². The molecule has 2 aromatic rings. The third-order valence-electron chi connectivity index (χ3n) is 3.75. The molecule has 160 valence electrons. The zero-order valence-corrected chi connectivity index (χ0v) is 19.8. The molecule has 1 aliphatic rings. The number of hydrogen-bond acceptors (Lipinski definition) is 3. The van der Waals surface area contributed by atoms with Gasteiger partial charge in [0, 0.05) is 41.5 Å². The van der Waals surface area contributed by atoms with Crippen LogP contribution >= 0.6 is 0 Å². The maximum atomic E-state index is 5.85. The van der Waals surface area contributed by atoms with Gasteiger partial charge in [-0.25, -0.2) is 4.99 Å². The highest BCUT2D eigenvalue weighted by atomic mass is 16.5. The molecule has 0 saturated carbocycles. The normalized spacial score (nSPS) is 12.8. The highest BCUT2D eigenvalue weighted by Gasteiger charge is 2.16. The van der Waals surface area contributed by atoms with Gasteiger partial charge in [0.1, 0.15) is 5.82 Å². The minimum atomic E-state index is -0.145. The molecule has 0 radical (unpaired) electrons. The van der Waals surface area contributed by atoms with Gasteiger partial charge in [0.15, 0.2) is 0 Å². The van der Waals surface area contributed by atoms with Crippen molar-refractivity contribution >= 4 is 12.0 Å². The number of aromatic nitrogens is 2. The van der Waals surface area contributed by atoms with E-state index in [0.717, 1.165) is 34.9 Å². The number of fused-ring (bicyclic) bond motifs is 1. The number of aryl methyl sites for hydroxylation is 1. The molecule has 3 heterocycles. The lowest BCUT2D eigenvalue weighted by Crippen LogP contribution is -2.20. The first-order valence-electron chi connectivity index (χ1n) is 10.6. The van der Waals surface area contributed by atoms with Crippen molar-refractivity contribution in [2.24, 2.45) is 10.9 Å². The number of aliphatic imine (C=N–C) groups is 1. The molecule has 4 nitrogen and oxygen atoms in total. The van der Waals surface area contributed by atoms with Crippen LogP contribution in [0.4, 0.5) is 5.82 Å². The molecule has 0 atom stereocenters. The molecule has 0 aromatic carbocycles. The number of pyridine rings is 1. The van der Waals surface area contributed by atoms with Gasteiger partial charge in [-0.2, -0.15) is 0 Å². The molecule has 2 aromatic heterocycles. The topological polar surface area (TPSA) is 50.3 Å². The van der Waals surface area contributed by atoms with E-state index in [-0.39, 0.29) is 5.60 Å². The number of allylic oxidation sites excluding steroid dienone is 1. The van der Waals surface area contributed by atoms with Gasteiger partial charge in [-0.05, 0) is 57.2 Å². The second kappa shape index (κ2) is 11.7. The van der Waals surface area contributed by atoms with Gasteiger partial charge in [-0.15, -0.1) is 0 Å². The second-order valence-corrected chi connectivity index (χ2v) is 8.65. The molecule has 3 rings (SSSR count). The van der Waals surface area contributed by atoms with Gasteiger partial charge >= 0.3 is 0 Å². The summed E-state index contributed by atoms with van der Waals surface area (Å²) in [5.74, 6) is 1.75. The molecule has 0 spiro atoms. The number of hydrogen-bond donors (Lipinski definition) is 1. The first-order chi connectivity index (χ1) is 13.7. The molecule has 0 bridgehead atoms. The highest BCUT2D eigenvalue weighted by Crippen LogP contribution is 2.33. The predicted octanol–water partition coefficient (Wildman–Crippen LogP) is 7.07. The summed E-state index contributed by atoms with van der Waals surface area (Å²) >= 11 is 0. The van der Waals surface area contributed by atoms with Crippen molar-refractivity contribution < 1.29 is 4.74 Å². The third-order valence-corrected chi connectivity index (χ3v) is 3.75. The summed E-state index contributed by atoms with van der Waals surface area (Å²) in [6, 6.07) is 2.15. The maximum absolute atomic E-state index is 5.85. The van der Waals surface area contributed by atoms with Gasteiger partial charge in [0.05, 0.1) is 12.2 Å². The average molecular weight is 398 g/mol. The lowest BCUT2D eigenvalue weighted by molar-refractivity contribution is 0.0130. The Morgan fingerprint density at radius 2 is 1.79 bits per heavy atom. The van der Waals surface area contributed by atoms with Crippen LogP contribution in [0.3, 0.4) is 0 Å². The summed E-state index contributed by atoms with van der Waals surface area (Å²) in [6.07, 6.45) is 10.7. The van der Waals surface area contributed by atoms with Crippen molar-refractivity contribution in [3.8, 4) is 11.1 Å². The Morgan fingerprint density at radius 3 is 2.38 bits per heavy atom. The van der Waals surface area contributed by atoms with Gasteiger partial charge in [0.2, 0.25) is 0 Å². The summed E-state index contributed by atoms with van der Waals surface area (Å²) in [4.78, 5) is 12.2.